The molecule has 5 nitrogen and oxygen atoms in total. The number of hydrogen-bond acceptors (Lipinski definition) is 3. The lowest BCUT2D eigenvalue weighted by molar-refractivity contribution is -0.137. The summed E-state index contributed by atoms with van der Waals surface area (Å²) in [6, 6.07) is 5.32. The van der Waals surface area contributed by atoms with E-state index in [4.69, 9.17) is 4.74 Å². The van der Waals surface area contributed by atoms with Gasteiger partial charge in [0.2, 0.25) is 0 Å². The van der Waals surface area contributed by atoms with Crippen LogP contribution in [0, 0.1) is 0 Å². The van der Waals surface area contributed by atoms with Gasteiger partial charge in [0.05, 0.1) is 31.4 Å². The fourth-order valence-electron chi connectivity index (χ4n) is 2.98. The summed E-state index contributed by atoms with van der Waals surface area (Å²) >= 11 is 0. The molecule has 27 heavy (non-hydrogen) atoms. The first-order valence-corrected chi connectivity index (χ1v) is 9.46. The smallest absolute Gasteiger partial charge is 0.379 e. The number of hydrogen-bond donors (Lipinski definition) is 2. The number of alkyl halides is 3. The lowest BCUT2D eigenvalue weighted by atomic mass is 10.0. The zero-order chi connectivity index (χ0) is 19.7. The molecule has 1 aromatic carbocycles. The molecule has 0 amide bonds. The molecule has 1 aromatic rings. The molecule has 8 heteroatoms. The van der Waals surface area contributed by atoms with Gasteiger partial charge >= 0.3 is 6.18 Å². The summed E-state index contributed by atoms with van der Waals surface area (Å²) < 4.78 is 44.0. The molecule has 1 aliphatic heterocycles. The molecule has 1 unspecified atom stereocenters. The Bertz CT molecular complexity index is 584. The normalized spacial score (nSPS) is 17.6. The fraction of sp³-hybridized carbons (Fsp3) is 0.632. The van der Waals surface area contributed by atoms with E-state index in [1.54, 1.807) is 12.1 Å². The van der Waals surface area contributed by atoms with E-state index in [9.17, 15) is 13.2 Å². The Hall–Kier alpha value is -1.80. The minimum atomic E-state index is -4.33. The van der Waals surface area contributed by atoms with E-state index in [2.05, 4.69) is 27.4 Å². The Morgan fingerprint density at radius 3 is 2.37 bits per heavy atom. The third kappa shape index (κ3) is 6.70. The van der Waals surface area contributed by atoms with Gasteiger partial charge in [0.25, 0.3) is 0 Å². The lowest BCUT2D eigenvalue weighted by Crippen LogP contribution is -2.42. The number of nitrogens with zero attached hydrogens (tertiary/aromatic N) is 2. The van der Waals surface area contributed by atoms with Crippen molar-refractivity contribution in [2.24, 2.45) is 4.99 Å². The standard InChI is InChI=1S/C19H29F3N4O/c1-3-9-24-18(23-4-2)25-14-17(26-10-12-27-13-11-26)15-5-7-16(8-6-15)19(20,21)22/h5-8,17H,3-4,9-14H2,1-2H3,(H2,23,24,25). The van der Waals surface area contributed by atoms with E-state index in [0.29, 0.717) is 19.8 Å². The topological polar surface area (TPSA) is 48.9 Å². The molecule has 0 radical (unpaired) electrons. The highest BCUT2D eigenvalue weighted by molar-refractivity contribution is 5.79. The summed E-state index contributed by atoms with van der Waals surface area (Å²) in [6.07, 6.45) is -3.34. The summed E-state index contributed by atoms with van der Waals surface area (Å²) in [5, 5.41) is 6.46. The number of halogens is 3. The van der Waals surface area contributed by atoms with E-state index in [1.165, 1.54) is 0 Å². The Labute approximate surface area is 159 Å². The van der Waals surface area contributed by atoms with E-state index in [0.717, 1.165) is 56.3 Å². The summed E-state index contributed by atoms with van der Waals surface area (Å²) in [5.74, 6) is 0.726. The first kappa shape index (κ1) is 21.5. The van der Waals surface area contributed by atoms with Gasteiger partial charge in [0.1, 0.15) is 0 Å². The van der Waals surface area contributed by atoms with Crippen LogP contribution >= 0.6 is 0 Å². The summed E-state index contributed by atoms with van der Waals surface area (Å²) in [5.41, 5.74) is 0.202. The van der Waals surface area contributed by atoms with Gasteiger partial charge < -0.3 is 15.4 Å². The van der Waals surface area contributed by atoms with Crippen molar-refractivity contribution in [2.45, 2.75) is 32.5 Å². The van der Waals surface area contributed by atoms with E-state index in [1.807, 2.05) is 6.92 Å². The number of nitrogens with one attached hydrogen (secondary N) is 2. The van der Waals surface area contributed by atoms with Crippen LogP contribution in [0.25, 0.3) is 0 Å². The Kier molecular flexibility index (Phi) is 8.37. The third-order valence-electron chi connectivity index (χ3n) is 4.42. The SMILES string of the molecule is CCCNC(=NCC(c1ccc(C(F)(F)F)cc1)N1CCOCC1)NCC. The largest absolute Gasteiger partial charge is 0.416 e. The zero-order valence-corrected chi connectivity index (χ0v) is 16.0. The second kappa shape index (κ2) is 10.5. The molecular formula is C19H29F3N4O. The minimum absolute atomic E-state index is 0.0896. The Morgan fingerprint density at radius 2 is 1.81 bits per heavy atom. The van der Waals surface area contributed by atoms with Gasteiger partial charge in [-0.3, -0.25) is 9.89 Å². The van der Waals surface area contributed by atoms with Gasteiger partial charge in [0, 0.05) is 26.2 Å². The van der Waals surface area contributed by atoms with Gasteiger partial charge in [0.15, 0.2) is 5.96 Å². The molecule has 1 aliphatic rings. The second-order valence-corrected chi connectivity index (χ2v) is 6.43. The van der Waals surface area contributed by atoms with Gasteiger partial charge in [-0.05, 0) is 31.0 Å². The van der Waals surface area contributed by atoms with Gasteiger partial charge in [-0.1, -0.05) is 19.1 Å². The third-order valence-corrected chi connectivity index (χ3v) is 4.42. The molecule has 0 aromatic heterocycles. The average molecular weight is 386 g/mol. The van der Waals surface area contributed by atoms with Crippen LogP contribution in [-0.4, -0.2) is 56.8 Å². The van der Waals surface area contributed by atoms with Gasteiger partial charge in [-0.25, -0.2) is 0 Å². The highest BCUT2D eigenvalue weighted by atomic mass is 19.4. The molecule has 1 heterocycles. The molecule has 2 N–H and O–H groups in total. The van der Waals surface area contributed by atoms with Crippen molar-refractivity contribution in [3.8, 4) is 0 Å². The predicted molar refractivity (Wildman–Crippen MR) is 101 cm³/mol. The van der Waals surface area contributed by atoms with Crippen LogP contribution in [0.4, 0.5) is 13.2 Å². The number of aliphatic imine (C=N–C) groups is 1. The summed E-state index contributed by atoms with van der Waals surface area (Å²) in [6.45, 7) is 8.81. The number of rotatable bonds is 7. The Balaban J connectivity index is 2.20. The van der Waals surface area contributed by atoms with Crippen molar-refractivity contribution < 1.29 is 17.9 Å². The highest BCUT2D eigenvalue weighted by Gasteiger charge is 2.31. The predicted octanol–water partition coefficient (Wildman–Crippen LogP) is 3.04. The van der Waals surface area contributed by atoms with E-state index < -0.39 is 11.7 Å². The molecule has 0 bridgehead atoms. The van der Waals surface area contributed by atoms with Crippen molar-refractivity contribution in [1.29, 1.82) is 0 Å². The quantitative estimate of drug-likeness (QED) is 0.559. The average Bonchev–Trinajstić information content (AvgIpc) is 2.66. The van der Waals surface area contributed by atoms with Gasteiger partial charge in [-0.15, -0.1) is 0 Å². The molecular weight excluding hydrogens is 357 g/mol. The molecule has 1 fully saturated rings. The second-order valence-electron chi connectivity index (χ2n) is 6.43. The maximum atomic E-state index is 12.9. The van der Waals surface area contributed by atoms with Crippen molar-refractivity contribution in [1.82, 2.24) is 15.5 Å². The van der Waals surface area contributed by atoms with Crippen LogP contribution in [0.1, 0.15) is 37.4 Å². The number of guanidine groups is 1. The summed E-state index contributed by atoms with van der Waals surface area (Å²) in [7, 11) is 0. The van der Waals surface area contributed by atoms with Crippen LogP contribution < -0.4 is 10.6 Å². The number of morpholine rings is 1. The van der Waals surface area contributed by atoms with Crippen molar-refractivity contribution in [3.63, 3.8) is 0 Å². The fourth-order valence-corrected chi connectivity index (χ4v) is 2.98. The monoisotopic (exact) mass is 386 g/mol. The number of benzene rings is 1. The lowest BCUT2D eigenvalue weighted by Gasteiger charge is -2.34. The number of ether oxygens (including phenoxy) is 1. The van der Waals surface area contributed by atoms with Crippen LogP contribution in [-0.2, 0) is 10.9 Å². The van der Waals surface area contributed by atoms with Crippen LogP contribution in [0.3, 0.4) is 0 Å². The van der Waals surface area contributed by atoms with Crippen molar-refractivity contribution in [2.75, 3.05) is 45.9 Å². The molecule has 0 spiro atoms. The molecule has 2 rings (SSSR count). The maximum Gasteiger partial charge on any atom is 0.416 e. The zero-order valence-electron chi connectivity index (χ0n) is 16.0. The van der Waals surface area contributed by atoms with Crippen LogP contribution in [0.15, 0.2) is 29.3 Å². The first-order valence-electron chi connectivity index (χ1n) is 9.46. The highest BCUT2D eigenvalue weighted by Crippen LogP contribution is 2.31. The van der Waals surface area contributed by atoms with E-state index in [-0.39, 0.29) is 6.04 Å². The summed E-state index contributed by atoms with van der Waals surface area (Å²) in [4.78, 5) is 6.89. The van der Waals surface area contributed by atoms with Gasteiger partial charge in [-0.2, -0.15) is 13.2 Å². The first-order chi connectivity index (χ1) is 13.0. The molecule has 1 atom stereocenters. The van der Waals surface area contributed by atoms with Crippen molar-refractivity contribution in [3.05, 3.63) is 35.4 Å². The van der Waals surface area contributed by atoms with Crippen molar-refractivity contribution >= 4 is 5.96 Å². The molecule has 0 saturated carbocycles. The molecule has 1 saturated heterocycles. The molecule has 0 aliphatic carbocycles. The van der Waals surface area contributed by atoms with Crippen LogP contribution in [0.5, 0.6) is 0 Å². The maximum absolute atomic E-state index is 12.9. The minimum Gasteiger partial charge on any atom is -0.379 e. The van der Waals surface area contributed by atoms with E-state index >= 15 is 0 Å². The van der Waals surface area contributed by atoms with Crippen LogP contribution in [0.2, 0.25) is 0 Å². The Morgan fingerprint density at radius 1 is 1.15 bits per heavy atom. The molecule has 152 valence electrons.